The largest absolute Gasteiger partial charge is 0.478 e. The molecule has 1 amide bonds. The first-order valence-electron chi connectivity index (χ1n) is 4.70. The molecule has 0 atom stereocenters. The summed E-state index contributed by atoms with van der Waals surface area (Å²) in [6.45, 7) is 0. The van der Waals surface area contributed by atoms with Crippen LogP contribution in [0.2, 0.25) is 0 Å². The summed E-state index contributed by atoms with van der Waals surface area (Å²) in [7, 11) is 0. The van der Waals surface area contributed by atoms with Crippen LogP contribution in [0.15, 0.2) is 35.2 Å². The first-order chi connectivity index (χ1) is 8.16. The summed E-state index contributed by atoms with van der Waals surface area (Å²) in [6, 6.07) is 5.93. The number of carbonyl (C=O) groups is 2. The zero-order valence-corrected chi connectivity index (χ0v) is 9.40. The number of carbonyl (C=O) groups excluding carboxylic acids is 1. The van der Waals surface area contributed by atoms with Gasteiger partial charge in [0, 0.05) is 11.1 Å². The third kappa shape index (κ3) is 2.67. The number of nitrogens with one attached hydrogen (secondary N) is 1. The maximum absolute atomic E-state index is 11.6. The number of benzene rings is 1. The van der Waals surface area contributed by atoms with Crippen LogP contribution >= 0.6 is 11.3 Å². The summed E-state index contributed by atoms with van der Waals surface area (Å²) in [5, 5.41) is 13.0. The standard InChI is InChI=1S/C11H8N2O3S/c14-10(9-5-17-6-12-9)13-8-3-1-7(2-4-8)11(15)16/h1-6H,(H,13,14)(H,15,16). The summed E-state index contributed by atoms with van der Waals surface area (Å²) in [5.41, 5.74) is 2.63. The first kappa shape index (κ1) is 11.3. The molecule has 1 aromatic heterocycles. The maximum atomic E-state index is 11.6. The van der Waals surface area contributed by atoms with Gasteiger partial charge in [-0.15, -0.1) is 11.3 Å². The Bertz CT molecular complexity index is 534. The minimum absolute atomic E-state index is 0.177. The van der Waals surface area contributed by atoms with Crippen LogP contribution in [0.4, 0.5) is 5.69 Å². The van der Waals surface area contributed by atoms with Gasteiger partial charge in [0.1, 0.15) is 5.69 Å². The molecule has 1 aromatic carbocycles. The number of amides is 1. The molecule has 0 saturated carbocycles. The Morgan fingerprint density at radius 2 is 1.94 bits per heavy atom. The highest BCUT2D eigenvalue weighted by molar-refractivity contribution is 7.07. The molecule has 0 unspecified atom stereocenters. The van der Waals surface area contributed by atoms with Crippen LogP contribution in [0.1, 0.15) is 20.8 Å². The van der Waals surface area contributed by atoms with E-state index in [0.717, 1.165) is 0 Å². The van der Waals surface area contributed by atoms with Gasteiger partial charge in [-0.05, 0) is 24.3 Å². The molecule has 2 aromatic rings. The van der Waals surface area contributed by atoms with Gasteiger partial charge in [-0.25, -0.2) is 9.78 Å². The second-order valence-corrected chi connectivity index (χ2v) is 3.93. The van der Waals surface area contributed by atoms with Gasteiger partial charge in [0.05, 0.1) is 11.1 Å². The fourth-order valence-electron chi connectivity index (χ4n) is 1.22. The van der Waals surface area contributed by atoms with Crippen molar-refractivity contribution in [1.29, 1.82) is 0 Å². The smallest absolute Gasteiger partial charge is 0.335 e. The van der Waals surface area contributed by atoms with Gasteiger partial charge in [-0.3, -0.25) is 4.79 Å². The predicted molar refractivity (Wildman–Crippen MR) is 63.5 cm³/mol. The van der Waals surface area contributed by atoms with Crippen molar-refractivity contribution in [1.82, 2.24) is 4.98 Å². The number of anilines is 1. The van der Waals surface area contributed by atoms with Gasteiger partial charge >= 0.3 is 5.97 Å². The topological polar surface area (TPSA) is 79.3 Å². The molecule has 1 heterocycles. The van der Waals surface area contributed by atoms with Crippen molar-refractivity contribution < 1.29 is 14.7 Å². The predicted octanol–water partition coefficient (Wildman–Crippen LogP) is 2.09. The second kappa shape index (κ2) is 4.75. The molecule has 17 heavy (non-hydrogen) atoms. The van der Waals surface area contributed by atoms with Crippen LogP contribution < -0.4 is 5.32 Å². The molecule has 0 fully saturated rings. The molecular formula is C11H8N2O3S. The van der Waals surface area contributed by atoms with Crippen LogP contribution in [-0.2, 0) is 0 Å². The normalized spacial score (nSPS) is 9.88. The highest BCUT2D eigenvalue weighted by Gasteiger charge is 2.08. The van der Waals surface area contributed by atoms with E-state index >= 15 is 0 Å². The first-order valence-corrected chi connectivity index (χ1v) is 5.64. The number of thiazole rings is 1. The van der Waals surface area contributed by atoms with Gasteiger partial charge in [-0.1, -0.05) is 0 Å². The second-order valence-electron chi connectivity index (χ2n) is 3.21. The van der Waals surface area contributed by atoms with Gasteiger partial charge in [0.25, 0.3) is 5.91 Å². The maximum Gasteiger partial charge on any atom is 0.335 e. The number of hydrogen-bond acceptors (Lipinski definition) is 4. The highest BCUT2D eigenvalue weighted by Crippen LogP contribution is 2.11. The van der Waals surface area contributed by atoms with Crippen LogP contribution in [0.25, 0.3) is 0 Å². The average molecular weight is 248 g/mol. The number of carboxylic acid groups (broad SMARTS) is 1. The Balaban J connectivity index is 2.09. The van der Waals surface area contributed by atoms with Crippen molar-refractivity contribution in [2.45, 2.75) is 0 Å². The van der Waals surface area contributed by atoms with Gasteiger partial charge in [-0.2, -0.15) is 0 Å². The Morgan fingerprint density at radius 3 is 2.47 bits per heavy atom. The number of carboxylic acids is 1. The van der Waals surface area contributed by atoms with E-state index in [2.05, 4.69) is 10.3 Å². The Morgan fingerprint density at radius 1 is 1.24 bits per heavy atom. The van der Waals surface area contributed by atoms with Crippen LogP contribution in [-0.4, -0.2) is 22.0 Å². The lowest BCUT2D eigenvalue weighted by Gasteiger charge is -2.03. The average Bonchev–Trinajstić information content (AvgIpc) is 2.83. The van der Waals surface area contributed by atoms with E-state index < -0.39 is 5.97 Å². The number of nitrogens with zero attached hydrogens (tertiary/aromatic N) is 1. The number of aromatic carboxylic acids is 1. The molecule has 0 aliphatic rings. The molecule has 2 rings (SSSR count). The summed E-state index contributed by atoms with van der Waals surface area (Å²) < 4.78 is 0. The summed E-state index contributed by atoms with van der Waals surface area (Å²) in [6.07, 6.45) is 0. The van der Waals surface area contributed by atoms with Crippen molar-refractivity contribution in [3.8, 4) is 0 Å². The lowest BCUT2D eigenvalue weighted by Crippen LogP contribution is -2.12. The third-order valence-corrected chi connectivity index (χ3v) is 2.64. The van der Waals surface area contributed by atoms with Crippen LogP contribution in [0.3, 0.4) is 0 Å². The Labute approximate surface area is 101 Å². The SMILES string of the molecule is O=C(O)c1ccc(NC(=O)c2cscn2)cc1. The molecule has 0 bridgehead atoms. The van der Waals surface area contributed by atoms with Gasteiger partial charge in [0.15, 0.2) is 0 Å². The lowest BCUT2D eigenvalue weighted by atomic mass is 10.2. The van der Waals surface area contributed by atoms with E-state index in [4.69, 9.17) is 5.11 Å². The van der Waals surface area contributed by atoms with E-state index in [0.29, 0.717) is 11.4 Å². The van der Waals surface area contributed by atoms with Gasteiger partial charge < -0.3 is 10.4 Å². The van der Waals surface area contributed by atoms with Crippen molar-refractivity contribution in [3.05, 3.63) is 46.4 Å². The minimum atomic E-state index is -0.998. The molecule has 0 saturated heterocycles. The van der Waals surface area contributed by atoms with Crippen molar-refractivity contribution in [3.63, 3.8) is 0 Å². The molecule has 2 N–H and O–H groups in total. The molecule has 0 spiro atoms. The van der Waals surface area contributed by atoms with E-state index in [9.17, 15) is 9.59 Å². The molecule has 86 valence electrons. The van der Waals surface area contributed by atoms with Crippen molar-refractivity contribution >= 4 is 28.9 Å². The number of hydrogen-bond donors (Lipinski definition) is 2. The highest BCUT2D eigenvalue weighted by atomic mass is 32.1. The van der Waals surface area contributed by atoms with E-state index in [1.807, 2.05) is 0 Å². The Kier molecular flexibility index (Phi) is 3.15. The monoisotopic (exact) mass is 248 g/mol. The molecule has 0 aliphatic heterocycles. The van der Waals surface area contributed by atoms with E-state index in [1.54, 1.807) is 10.9 Å². The third-order valence-electron chi connectivity index (χ3n) is 2.05. The zero-order valence-electron chi connectivity index (χ0n) is 8.58. The summed E-state index contributed by atoms with van der Waals surface area (Å²) in [5.74, 6) is -1.31. The summed E-state index contributed by atoms with van der Waals surface area (Å²) in [4.78, 5) is 26.1. The molecule has 6 heteroatoms. The minimum Gasteiger partial charge on any atom is -0.478 e. The fourth-order valence-corrected chi connectivity index (χ4v) is 1.75. The zero-order chi connectivity index (χ0) is 12.3. The fraction of sp³-hybridized carbons (Fsp3) is 0. The number of aromatic nitrogens is 1. The quantitative estimate of drug-likeness (QED) is 0.871. The lowest BCUT2D eigenvalue weighted by molar-refractivity contribution is 0.0696. The number of rotatable bonds is 3. The molecule has 0 aliphatic carbocycles. The van der Waals surface area contributed by atoms with Crippen molar-refractivity contribution in [2.24, 2.45) is 0 Å². The molecular weight excluding hydrogens is 240 g/mol. The summed E-state index contributed by atoms with van der Waals surface area (Å²) >= 11 is 1.34. The Hall–Kier alpha value is -2.21. The molecule has 5 nitrogen and oxygen atoms in total. The van der Waals surface area contributed by atoms with Gasteiger partial charge in [0.2, 0.25) is 0 Å². The van der Waals surface area contributed by atoms with Crippen molar-refractivity contribution in [2.75, 3.05) is 5.32 Å². The van der Waals surface area contributed by atoms with Crippen LogP contribution in [0, 0.1) is 0 Å². The molecule has 0 radical (unpaired) electrons. The van der Waals surface area contributed by atoms with E-state index in [1.165, 1.54) is 35.6 Å². The van der Waals surface area contributed by atoms with E-state index in [-0.39, 0.29) is 11.5 Å². The van der Waals surface area contributed by atoms with Crippen LogP contribution in [0.5, 0.6) is 0 Å².